The molecule has 0 atom stereocenters. The zero-order chi connectivity index (χ0) is 14.0. The van der Waals surface area contributed by atoms with Gasteiger partial charge in [0.15, 0.2) is 5.76 Å². The van der Waals surface area contributed by atoms with Crippen LogP contribution in [0.4, 0.5) is 4.39 Å². The zero-order valence-corrected chi connectivity index (χ0v) is 11.1. The van der Waals surface area contributed by atoms with Crippen LogP contribution in [0.5, 0.6) is 0 Å². The van der Waals surface area contributed by atoms with E-state index in [2.05, 4.69) is 5.32 Å². The summed E-state index contributed by atoms with van der Waals surface area (Å²) < 4.78 is 19.2. The number of hydrogen-bond acceptors (Lipinski definition) is 2. The molecule has 104 valence electrons. The largest absolute Gasteiger partial charge is 0.459 e. The molecule has 20 heavy (non-hydrogen) atoms. The van der Waals surface area contributed by atoms with Crippen molar-refractivity contribution in [1.29, 1.82) is 0 Å². The summed E-state index contributed by atoms with van der Waals surface area (Å²) in [6, 6.07) is 9.93. The molecule has 1 aliphatic carbocycles. The van der Waals surface area contributed by atoms with Crippen molar-refractivity contribution in [2.75, 3.05) is 0 Å². The van der Waals surface area contributed by atoms with Crippen LogP contribution in [0.1, 0.15) is 41.8 Å². The van der Waals surface area contributed by atoms with E-state index in [9.17, 15) is 9.18 Å². The van der Waals surface area contributed by atoms with Gasteiger partial charge in [0.2, 0.25) is 0 Å². The van der Waals surface area contributed by atoms with Gasteiger partial charge in [-0.2, -0.15) is 0 Å². The summed E-state index contributed by atoms with van der Waals surface area (Å²) in [6.45, 7) is 0. The highest BCUT2D eigenvalue weighted by molar-refractivity contribution is 5.92. The van der Waals surface area contributed by atoms with Crippen molar-refractivity contribution in [2.24, 2.45) is 0 Å². The molecule has 1 saturated carbocycles. The average molecular weight is 273 g/mol. The van der Waals surface area contributed by atoms with Crippen LogP contribution in [0.25, 0.3) is 0 Å². The van der Waals surface area contributed by atoms with Gasteiger partial charge in [0.1, 0.15) is 5.82 Å². The standard InChI is InChI=1S/C16H16FNO2/c17-13-7-2-1-6-12(13)16(9-3-4-10-16)18-15(19)14-8-5-11-20-14/h1-2,5-8,11H,3-4,9-10H2,(H,18,19). The first-order valence-electron chi connectivity index (χ1n) is 6.82. The number of amides is 1. The molecule has 1 amide bonds. The highest BCUT2D eigenvalue weighted by Crippen LogP contribution is 2.40. The van der Waals surface area contributed by atoms with Gasteiger partial charge < -0.3 is 9.73 Å². The molecule has 0 saturated heterocycles. The second-order valence-corrected chi connectivity index (χ2v) is 5.20. The van der Waals surface area contributed by atoms with Crippen LogP contribution in [0.3, 0.4) is 0 Å². The Morgan fingerprint density at radius 2 is 1.90 bits per heavy atom. The number of carbonyl (C=O) groups excluding carboxylic acids is 1. The van der Waals surface area contributed by atoms with E-state index >= 15 is 0 Å². The second kappa shape index (κ2) is 5.12. The lowest BCUT2D eigenvalue weighted by atomic mass is 9.87. The quantitative estimate of drug-likeness (QED) is 0.928. The molecule has 3 rings (SSSR count). The first-order valence-corrected chi connectivity index (χ1v) is 6.82. The van der Waals surface area contributed by atoms with E-state index in [4.69, 9.17) is 4.42 Å². The van der Waals surface area contributed by atoms with E-state index in [1.807, 2.05) is 0 Å². The summed E-state index contributed by atoms with van der Waals surface area (Å²) in [4.78, 5) is 12.2. The fourth-order valence-electron chi connectivity index (χ4n) is 2.98. The van der Waals surface area contributed by atoms with Gasteiger partial charge in [-0.25, -0.2) is 4.39 Å². The van der Waals surface area contributed by atoms with Crippen molar-refractivity contribution in [3.63, 3.8) is 0 Å². The Bertz CT molecular complexity index is 601. The minimum absolute atomic E-state index is 0.257. The zero-order valence-electron chi connectivity index (χ0n) is 11.1. The maximum absolute atomic E-state index is 14.1. The molecule has 4 heteroatoms. The Kier molecular flexibility index (Phi) is 3.30. The summed E-state index contributed by atoms with van der Waals surface area (Å²) in [5, 5.41) is 2.98. The topological polar surface area (TPSA) is 42.2 Å². The fourth-order valence-corrected chi connectivity index (χ4v) is 2.98. The first-order chi connectivity index (χ1) is 9.71. The van der Waals surface area contributed by atoms with Crippen molar-refractivity contribution in [3.8, 4) is 0 Å². The van der Waals surface area contributed by atoms with E-state index in [-0.39, 0.29) is 17.5 Å². The van der Waals surface area contributed by atoms with Gasteiger partial charge in [0, 0.05) is 5.56 Å². The molecule has 0 unspecified atom stereocenters. The normalized spacial score (nSPS) is 17.1. The molecule has 0 aliphatic heterocycles. The Hall–Kier alpha value is -2.10. The van der Waals surface area contributed by atoms with Crippen LogP contribution in [0, 0.1) is 5.82 Å². The third kappa shape index (κ3) is 2.22. The number of halogens is 1. The maximum atomic E-state index is 14.1. The molecule has 1 heterocycles. The Morgan fingerprint density at radius 3 is 2.55 bits per heavy atom. The third-order valence-corrected chi connectivity index (χ3v) is 3.94. The maximum Gasteiger partial charge on any atom is 0.287 e. The van der Waals surface area contributed by atoms with Crippen molar-refractivity contribution >= 4 is 5.91 Å². The average Bonchev–Trinajstić information content (AvgIpc) is 3.10. The van der Waals surface area contributed by atoms with Gasteiger partial charge in [0.05, 0.1) is 11.8 Å². The molecule has 1 fully saturated rings. The van der Waals surface area contributed by atoms with Gasteiger partial charge in [-0.05, 0) is 31.0 Å². The molecule has 1 aromatic heterocycles. The van der Waals surface area contributed by atoms with Crippen LogP contribution >= 0.6 is 0 Å². The number of hydrogen-bond donors (Lipinski definition) is 1. The lowest BCUT2D eigenvalue weighted by molar-refractivity contribution is 0.0867. The second-order valence-electron chi connectivity index (χ2n) is 5.20. The number of benzene rings is 1. The lowest BCUT2D eigenvalue weighted by Gasteiger charge is -2.31. The Labute approximate surface area is 116 Å². The van der Waals surface area contributed by atoms with E-state index < -0.39 is 5.54 Å². The number of rotatable bonds is 3. The van der Waals surface area contributed by atoms with Gasteiger partial charge >= 0.3 is 0 Å². The van der Waals surface area contributed by atoms with Gasteiger partial charge in [-0.1, -0.05) is 31.0 Å². The predicted molar refractivity (Wildman–Crippen MR) is 72.7 cm³/mol. The molecule has 0 spiro atoms. The van der Waals surface area contributed by atoms with Gasteiger partial charge in [-0.15, -0.1) is 0 Å². The predicted octanol–water partition coefficient (Wildman–Crippen LogP) is 3.62. The summed E-state index contributed by atoms with van der Waals surface area (Å²) >= 11 is 0. The van der Waals surface area contributed by atoms with E-state index in [1.165, 1.54) is 12.3 Å². The Morgan fingerprint density at radius 1 is 1.15 bits per heavy atom. The summed E-state index contributed by atoms with van der Waals surface area (Å²) in [6.07, 6.45) is 4.92. The molecule has 1 N–H and O–H groups in total. The summed E-state index contributed by atoms with van der Waals surface area (Å²) in [5.41, 5.74) is -0.0488. The van der Waals surface area contributed by atoms with Crippen LogP contribution < -0.4 is 5.32 Å². The smallest absolute Gasteiger partial charge is 0.287 e. The molecule has 2 aromatic rings. The highest BCUT2D eigenvalue weighted by Gasteiger charge is 2.39. The molecule has 0 bridgehead atoms. The minimum atomic E-state index is -0.616. The van der Waals surface area contributed by atoms with Crippen LogP contribution in [-0.4, -0.2) is 5.91 Å². The van der Waals surface area contributed by atoms with Gasteiger partial charge in [0.25, 0.3) is 5.91 Å². The number of furan rings is 1. The summed E-state index contributed by atoms with van der Waals surface area (Å²) in [5.74, 6) is -0.304. The third-order valence-electron chi connectivity index (χ3n) is 3.94. The van der Waals surface area contributed by atoms with Gasteiger partial charge in [-0.3, -0.25) is 4.79 Å². The Balaban J connectivity index is 1.93. The van der Waals surface area contributed by atoms with Crippen LogP contribution in [0.15, 0.2) is 47.1 Å². The lowest BCUT2D eigenvalue weighted by Crippen LogP contribution is -2.44. The highest BCUT2D eigenvalue weighted by atomic mass is 19.1. The van der Waals surface area contributed by atoms with E-state index in [0.29, 0.717) is 5.56 Å². The number of nitrogens with one attached hydrogen (secondary N) is 1. The molecule has 3 nitrogen and oxygen atoms in total. The van der Waals surface area contributed by atoms with Crippen LogP contribution in [0.2, 0.25) is 0 Å². The van der Waals surface area contributed by atoms with Crippen molar-refractivity contribution in [1.82, 2.24) is 5.32 Å². The van der Waals surface area contributed by atoms with Crippen molar-refractivity contribution in [2.45, 2.75) is 31.2 Å². The first kappa shape index (κ1) is 12.9. The van der Waals surface area contributed by atoms with Crippen molar-refractivity contribution in [3.05, 3.63) is 59.8 Å². The number of carbonyl (C=O) groups is 1. The molecular formula is C16H16FNO2. The van der Waals surface area contributed by atoms with Crippen LogP contribution in [-0.2, 0) is 5.54 Å². The minimum Gasteiger partial charge on any atom is -0.459 e. The summed E-state index contributed by atoms with van der Waals surface area (Å²) in [7, 11) is 0. The fraction of sp³-hybridized carbons (Fsp3) is 0.312. The SMILES string of the molecule is O=C(NC1(c2ccccc2F)CCCC1)c1ccco1. The molecule has 0 radical (unpaired) electrons. The monoisotopic (exact) mass is 273 g/mol. The molecule has 1 aromatic carbocycles. The van der Waals surface area contributed by atoms with E-state index in [1.54, 1.807) is 30.3 Å². The molecular weight excluding hydrogens is 257 g/mol. The van der Waals surface area contributed by atoms with E-state index in [0.717, 1.165) is 25.7 Å². The van der Waals surface area contributed by atoms with Crippen molar-refractivity contribution < 1.29 is 13.6 Å². The molecule has 1 aliphatic rings.